The Morgan fingerprint density at radius 1 is 1.00 bits per heavy atom. The van der Waals surface area contributed by atoms with E-state index >= 15 is 0 Å². The SMILES string of the molecule is CC(C)NC(=O)Nc1ccc(C(=O)Nc2ccc(-n3ccnc3)nc2)cc1. The lowest BCUT2D eigenvalue weighted by Crippen LogP contribution is -2.34. The van der Waals surface area contributed by atoms with Crippen LogP contribution in [0.1, 0.15) is 24.2 Å². The van der Waals surface area contributed by atoms with Gasteiger partial charge in [-0.25, -0.2) is 14.8 Å². The van der Waals surface area contributed by atoms with E-state index in [0.29, 0.717) is 22.8 Å². The van der Waals surface area contributed by atoms with Crippen molar-refractivity contribution in [2.45, 2.75) is 19.9 Å². The Morgan fingerprint density at radius 2 is 1.74 bits per heavy atom. The van der Waals surface area contributed by atoms with Gasteiger partial charge in [0.2, 0.25) is 0 Å². The van der Waals surface area contributed by atoms with E-state index < -0.39 is 0 Å². The number of amides is 3. The molecule has 0 aliphatic carbocycles. The zero-order chi connectivity index (χ0) is 19.2. The first-order valence-electron chi connectivity index (χ1n) is 8.44. The predicted molar refractivity (Wildman–Crippen MR) is 103 cm³/mol. The summed E-state index contributed by atoms with van der Waals surface area (Å²) in [5.41, 5.74) is 1.67. The van der Waals surface area contributed by atoms with Gasteiger partial charge in [-0.15, -0.1) is 0 Å². The Labute approximate surface area is 156 Å². The number of urea groups is 1. The minimum absolute atomic E-state index is 0.0452. The second kappa shape index (κ2) is 8.13. The molecule has 0 radical (unpaired) electrons. The maximum absolute atomic E-state index is 12.4. The predicted octanol–water partition coefficient (Wildman–Crippen LogP) is 3.05. The fourth-order valence-electron chi connectivity index (χ4n) is 2.34. The number of anilines is 2. The van der Waals surface area contributed by atoms with Crippen molar-refractivity contribution in [3.63, 3.8) is 0 Å². The molecule has 27 heavy (non-hydrogen) atoms. The number of rotatable bonds is 5. The van der Waals surface area contributed by atoms with Crippen LogP contribution in [0, 0.1) is 0 Å². The number of nitrogens with one attached hydrogen (secondary N) is 3. The zero-order valence-electron chi connectivity index (χ0n) is 15.0. The molecule has 3 aromatic rings. The maximum Gasteiger partial charge on any atom is 0.319 e. The minimum Gasteiger partial charge on any atom is -0.336 e. The van der Waals surface area contributed by atoms with Crippen LogP contribution in [0.2, 0.25) is 0 Å². The molecule has 0 atom stereocenters. The zero-order valence-corrected chi connectivity index (χ0v) is 15.0. The molecule has 138 valence electrons. The molecule has 0 bridgehead atoms. The molecule has 0 aliphatic heterocycles. The van der Waals surface area contributed by atoms with Crippen LogP contribution in [0.3, 0.4) is 0 Å². The molecule has 8 nitrogen and oxygen atoms in total. The number of pyridine rings is 1. The Morgan fingerprint density at radius 3 is 2.33 bits per heavy atom. The number of hydrogen-bond acceptors (Lipinski definition) is 4. The largest absolute Gasteiger partial charge is 0.336 e. The highest BCUT2D eigenvalue weighted by molar-refractivity contribution is 6.04. The molecule has 0 unspecified atom stereocenters. The molecule has 2 heterocycles. The first kappa shape index (κ1) is 18.1. The van der Waals surface area contributed by atoms with Crippen LogP contribution in [0.5, 0.6) is 0 Å². The van der Waals surface area contributed by atoms with E-state index in [1.54, 1.807) is 65.9 Å². The van der Waals surface area contributed by atoms with Gasteiger partial charge in [0.25, 0.3) is 5.91 Å². The van der Waals surface area contributed by atoms with Crippen LogP contribution < -0.4 is 16.0 Å². The summed E-state index contributed by atoms with van der Waals surface area (Å²) in [5.74, 6) is 0.450. The molecular weight excluding hydrogens is 344 g/mol. The summed E-state index contributed by atoms with van der Waals surface area (Å²) in [5, 5.41) is 8.23. The number of carbonyl (C=O) groups excluding carboxylic acids is 2. The molecule has 0 aliphatic rings. The summed E-state index contributed by atoms with van der Waals surface area (Å²) >= 11 is 0. The summed E-state index contributed by atoms with van der Waals surface area (Å²) in [6, 6.07) is 9.96. The van der Waals surface area contributed by atoms with Crippen molar-refractivity contribution in [1.82, 2.24) is 19.9 Å². The summed E-state index contributed by atoms with van der Waals surface area (Å²) < 4.78 is 1.77. The smallest absolute Gasteiger partial charge is 0.319 e. The molecule has 3 N–H and O–H groups in total. The van der Waals surface area contributed by atoms with Crippen molar-refractivity contribution in [3.05, 3.63) is 66.9 Å². The number of nitrogens with zero attached hydrogens (tertiary/aromatic N) is 3. The van der Waals surface area contributed by atoms with E-state index in [9.17, 15) is 9.59 Å². The Bertz CT molecular complexity index is 902. The van der Waals surface area contributed by atoms with Crippen LogP contribution in [0.25, 0.3) is 5.82 Å². The van der Waals surface area contributed by atoms with Gasteiger partial charge in [0.1, 0.15) is 12.1 Å². The summed E-state index contributed by atoms with van der Waals surface area (Å²) in [4.78, 5) is 32.3. The van der Waals surface area contributed by atoms with E-state index in [4.69, 9.17) is 0 Å². The second-order valence-corrected chi connectivity index (χ2v) is 6.16. The third kappa shape index (κ3) is 4.91. The molecule has 0 saturated heterocycles. The monoisotopic (exact) mass is 364 g/mol. The first-order valence-corrected chi connectivity index (χ1v) is 8.44. The van der Waals surface area contributed by atoms with E-state index in [-0.39, 0.29) is 18.0 Å². The van der Waals surface area contributed by atoms with E-state index in [1.165, 1.54) is 0 Å². The molecule has 0 fully saturated rings. The van der Waals surface area contributed by atoms with Crippen molar-refractivity contribution in [1.29, 1.82) is 0 Å². The lowest BCUT2D eigenvalue weighted by Gasteiger charge is -2.10. The maximum atomic E-state index is 12.4. The van der Waals surface area contributed by atoms with Crippen molar-refractivity contribution in [2.24, 2.45) is 0 Å². The highest BCUT2D eigenvalue weighted by Gasteiger charge is 2.08. The molecule has 3 amide bonds. The lowest BCUT2D eigenvalue weighted by atomic mass is 10.2. The molecule has 8 heteroatoms. The van der Waals surface area contributed by atoms with Gasteiger partial charge < -0.3 is 16.0 Å². The van der Waals surface area contributed by atoms with Gasteiger partial charge in [-0.2, -0.15) is 0 Å². The van der Waals surface area contributed by atoms with Crippen LogP contribution in [-0.2, 0) is 0 Å². The van der Waals surface area contributed by atoms with E-state index in [0.717, 1.165) is 0 Å². The number of imidazole rings is 1. The third-order valence-electron chi connectivity index (χ3n) is 3.60. The van der Waals surface area contributed by atoms with Gasteiger partial charge in [0.05, 0.1) is 11.9 Å². The summed E-state index contributed by atoms with van der Waals surface area (Å²) in [6.45, 7) is 3.76. The van der Waals surface area contributed by atoms with Crippen molar-refractivity contribution in [3.8, 4) is 5.82 Å². The Hall–Kier alpha value is -3.68. The van der Waals surface area contributed by atoms with E-state index in [2.05, 4.69) is 25.9 Å². The third-order valence-corrected chi connectivity index (χ3v) is 3.60. The first-order chi connectivity index (χ1) is 13.0. The standard InChI is InChI=1S/C19H20N6O2/c1-13(2)22-19(27)24-15-5-3-14(4-6-15)18(26)23-16-7-8-17(21-11-16)25-10-9-20-12-25/h3-13H,1-2H3,(H,23,26)(H2,22,24,27). The number of carbonyl (C=O) groups is 2. The quantitative estimate of drug-likeness (QED) is 0.648. The summed E-state index contributed by atoms with van der Waals surface area (Å²) in [7, 11) is 0. The van der Waals surface area contributed by atoms with Gasteiger partial charge in [-0.05, 0) is 50.2 Å². The lowest BCUT2D eigenvalue weighted by molar-refractivity contribution is 0.102. The normalized spacial score (nSPS) is 10.5. The van der Waals surface area contributed by atoms with Gasteiger partial charge in [0.15, 0.2) is 0 Å². The van der Waals surface area contributed by atoms with E-state index in [1.807, 2.05) is 13.8 Å². The average molecular weight is 364 g/mol. The van der Waals surface area contributed by atoms with Crippen LogP contribution in [0.15, 0.2) is 61.3 Å². The number of aromatic nitrogens is 3. The second-order valence-electron chi connectivity index (χ2n) is 6.16. The van der Waals surface area contributed by atoms with Gasteiger partial charge in [0, 0.05) is 29.7 Å². The molecule has 0 spiro atoms. The van der Waals surface area contributed by atoms with Gasteiger partial charge in [-0.1, -0.05) is 0 Å². The molecule has 0 saturated carbocycles. The number of benzene rings is 1. The van der Waals surface area contributed by atoms with Crippen LogP contribution in [0.4, 0.5) is 16.2 Å². The fourth-order valence-corrected chi connectivity index (χ4v) is 2.34. The van der Waals surface area contributed by atoms with Gasteiger partial charge >= 0.3 is 6.03 Å². The van der Waals surface area contributed by atoms with Crippen molar-refractivity contribution < 1.29 is 9.59 Å². The summed E-state index contributed by atoms with van der Waals surface area (Å²) in [6.07, 6.45) is 6.69. The molecule has 2 aromatic heterocycles. The fraction of sp³-hybridized carbons (Fsp3) is 0.158. The highest BCUT2D eigenvalue weighted by atomic mass is 16.2. The Kier molecular flexibility index (Phi) is 5.46. The van der Waals surface area contributed by atoms with Crippen molar-refractivity contribution >= 4 is 23.3 Å². The molecule has 3 rings (SSSR count). The topological polar surface area (TPSA) is 101 Å². The molecule has 1 aromatic carbocycles. The van der Waals surface area contributed by atoms with Crippen LogP contribution >= 0.6 is 0 Å². The van der Waals surface area contributed by atoms with Gasteiger partial charge in [-0.3, -0.25) is 9.36 Å². The Balaban J connectivity index is 1.60. The highest BCUT2D eigenvalue weighted by Crippen LogP contribution is 2.13. The average Bonchev–Trinajstić information content (AvgIpc) is 3.17. The van der Waals surface area contributed by atoms with Crippen molar-refractivity contribution in [2.75, 3.05) is 10.6 Å². The van der Waals surface area contributed by atoms with Crippen LogP contribution in [-0.4, -0.2) is 32.5 Å². The molecular formula is C19H20N6O2. The number of hydrogen-bond donors (Lipinski definition) is 3. The minimum atomic E-state index is -0.286.